The SMILES string of the molecule is CC(C)Oc1ccccc1OC1=[C-]CC=C1.[Cl-].[Cl-].[Ti+3]. The van der Waals surface area contributed by atoms with Crippen molar-refractivity contribution in [3.63, 3.8) is 0 Å². The fourth-order valence-electron chi connectivity index (χ4n) is 1.46. The van der Waals surface area contributed by atoms with E-state index in [1.165, 1.54) is 0 Å². The number of benzene rings is 1. The van der Waals surface area contributed by atoms with Crippen LogP contribution in [0.2, 0.25) is 0 Å². The standard InChI is InChI=1S/C14H15O2.2ClH.Ti/c1-11(2)15-13-9-5-6-10-14(13)16-12-7-3-4-8-12;;;/h3,5-7,9-11H,4H2,1-2H3;2*1H;/q-1;;;+3/p-2. The molecular formula is C14H15Cl2O2Ti. The average molecular weight is 334 g/mol. The van der Waals surface area contributed by atoms with Crippen molar-refractivity contribution in [2.24, 2.45) is 0 Å². The smallest absolute Gasteiger partial charge is 1.00 e. The van der Waals surface area contributed by atoms with Gasteiger partial charge in [0.1, 0.15) is 0 Å². The van der Waals surface area contributed by atoms with Crippen molar-refractivity contribution < 1.29 is 56.0 Å². The normalized spacial score (nSPS) is 11.8. The van der Waals surface area contributed by atoms with Crippen molar-refractivity contribution in [3.8, 4) is 11.5 Å². The van der Waals surface area contributed by atoms with Crippen LogP contribution in [0, 0.1) is 6.08 Å². The summed E-state index contributed by atoms with van der Waals surface area (Å²) >= 11 is 0. The van der Waals surface area contributed by atoms with Crippen LogP contribution < -0.4 is 34.3 Å². The Morgan fingerprint density at radius 1 is 1.11 bits per heavy atom. The Labute approximate surface area is 142 Å². The summed E-state index contributed by atoms with van der Waals surface area (Å²) in [5.41, 5.74) is 0. The maximum absolute atomic E-state index is 5.70. The second-order valence-corrected chi connectivity index (χ2v) is 3.86. The van der Waals surface area contributed by atoms with E-state index in [0.29, 0.717) is 0 Å². The Balaban J connectivity index is 0. The van der Waals surface area contributed by atoms with Crippen LogP contribution in [-0.2, 0) is 21.7 Å². The van der Waals surface area contributed by atoms with Gasteiger partial charge in [-0.1, -0.05) is 12.1 Å². The number of rotatable bonds is 4. The zero-order valence-corrected chi connectivity index (χ0v) is 13.9. The molecule has 2 nitrogen and oxygen atoms in total. The van der Waals surface area contributed by atoms with Crippen LogP contribution in [0.25, 0.3) is 0 Å². The maximum atomic E-state index is 5.70. The summed E-state index contributed by atoms with van der Waals surface area (Å²) in [7, 11) is 0. The quantitative estimate of drug-likeness (QED) is 0.448. The summed E-state index contributed by atoms with van der Waals surface area (Å²) in [6, 6.07) is 7.68. The molecule has 0 bridgehead atoms. The Hall–Kier alpha value is -0.406. The number of hydrogen-bond acceptors (Lipinski definition) is 2. The van der Waals surface area contributed by atoms with Crippen molar-refractivity contribution in [2.75, 3.05) is 0 Å². The van der Waals surface area contributed by atoms with E-state index in [2.05, 4.69) is 6.08 Å². The molecule has 0 saturated carbocycles. The molecular weight excluding hydrogens is 319 g/mol. The molecule has 0 aliphatic heterocycles. The van der Waals surface area contributed by atoms with Crippen LogP contribution >= 0.6 is 0 Å². The predicted molar refractivity (Wildman–Crippen MR) is 63.3 cm³/mol. The van der Waals surface area contributed by atoms with Crippen LogP contribution in [0.15, 0.2) is 42.2 Å². The summed E-state index contributed by atoms with van der Waals surface area (Å²) in [4.78, 5) is 0. The minimum Gasteiger partial charge on any atom is -1.00 e. The molecule has 1 aromatic rings. The van der Waals surface area contributed by atoms with Crippen molar-refractivity contribution in [1.82, 2.24) is 0 Å². The maximum Gasteiger partial charge on any atom is 3.00 e. The van der Waals surface area contributed by atoms with Gasteiger partial charge in [-0.05, 0) is 31.7 Å². The summed E-state index contributed by atoms with van der Waals surface area (Å²) < 4.78 is 11.4. The molecule has 0 saturated heterocycles. The van der Waals surface area contributed by atoms with Gasteiger partial charge in [0.25, 0.3) is 0 Å². The molecule has 2 rings (SSSR count). The fourth-order valence-corrected chi connectivity index (χ4v) is 1.46. The van der Waals surface area contributed by atoms with Crippen LogP contribution in [0.4, 0.5) is 0 Å². The van der Waals surface area contributed by atoms with Gasteiger partial charge >= 0.3 is 21.7 Å². The first-order valence-corrected chi connectivity index (χ1v) is 5.46. The summed E-state index contributed by atoms with van der Waals surface area (Å²) in [6.07, 6.45) is 8.01. The van der Waals surface area contributed by atoms with Crippen molar-refractivity contribution >= 4 is 0 Å². The molecule has 1 aliphatic carbocycles. The number of hydrogen-bond donors (Lipinski definition) is 0. The van der Waals surface area contributed by atoms with Gasteiger partial charge in [-0.15, -0.1) is 6.42 Å². The Bertz CT molecular complexity index is 431. The fraction of sp³-hybridized carbons (Fsp3) is 0.286. The molecule has 19 heavy (non-hydrogen) atoms. The molecule has 101 valence electrons. The number of halogens is 2. The summed E-state index contributed by atoms with van der Waals surface area (Å²) in [5.74, 6) is 2.28. The van der Waals surface area contributed by atoms with Gasteiger partial charge in [0.05, 0.1) is 6.10 Å². The third-order valence-electron chi connectivity index (χ3n) is 2.10. The van der Waals surface area contributed by atoms with Gasteiger partial charge in [-0.2, -0.15) is 12.2 Å². The number of para-hydroxylation sites is 2. The van der Waals surface area contributed by atoms with E-state index >= 15 is 0 Å². The molecule has 0 aromatic heterocycles. The Morgan fingerprint density at radius 3 is 2.26 bits per heavy atom. The second-order valence-electron chi connectivity index (χ2n) is 3.86. The topological polar surface area (TPSA) is 18.5 Å². The molecule has 0 N–H and O–H groups in total. The molecule has 0 heterocycles. The zero-order chi connectivity index (χ0) is 11.4. The Kier molecular flexibility index (Phi) is 11.4. The predicted octanol–water partition coefficient (Wildman–Crippen LogP) is -2.49. The third kappa shape index (κ3) is 6.53. The molecule has 1 radical (unpaired) electrons. The zero-order valence-electron chi connectivity index (χ0n) is 10.8. The van der Waals surface area contributed by atoms with Crippen LogP contribution in [0.1, 0.15) is 20.3 Å². The van der Waals surface area contributed by atoms with Gasteiger partial charge in [-0.3, -0.25) is 0 Å². The van der Waals surface area contributed by atoms with Gasteiger partial charge in [0, 0.05) is 0 Å². The van der Waals surface area contributed by atoms with Crippen LogP contribution in [0.5, 0.6) is 11.5 Å². The Morgan fingerprint density at radius 2 is 1.74 bits per heavy atom. The van der Waals surface area contributed by atoms with E-state index in [0.717, 1.165) is 23.7 Å². The summed E-state index contributed by atoms with van der Waals surface area (Å²) in [6.45, 7) is 4.00. The third-order valence-corrected chi connectivity index (χ3v) is 2.10. The summed E-state index contributed by atoms with van der Waals surface area (Å²) in [5, 5.41) is 0. The van der Waals surface area contributed by atoms with Gasteiger partial charge in [-0.25, -0.2) is 6.08 Å². The monoisotopic (exact) mass is 333 g/mol. The molecule has 0 amide bonds. The molecule has 0 spiro atoms. The van der Waals surface area contributed by atoms with E-state index in [9.17, 15) is 0 Å². The van der Waals surface area contributed by atoms with Gasteiger partial charge in [0.2, 0.25) is 0 Å². The molecule has 0 atom stereocenters. The molecule has 0 unspecified atom stereocenters. The van der Waals surface area contributed by atoms with Crippen molar-refractivity contribution in [1.29, 1.82) is 0 Å². The van der Waals surface area contributed by atoms with Crippen molar-refractivity contribution in [3.05, 3.63) is 48.3 Å². The number of ether oxygens (including phenoxy) is 2. The minimum atomic E-state index is 0. The van der Waals surface area contributed by atoms with Crippen LogP contribution in [-0.4, -0.2) is 6.10 Å². The van der Waals surface area contributed by atoms with Crippen LogP contribution in [0.3, 0.4) is 0 Å². The van der Waals surface area contributed by atoms with E-state index in [4.69, 9.17) is 9.47 Å². The molecule has 1 aromatic carbocycles. The van der Waals surface area contributed by atoms with Crippen molar-refractivity contribution in [2.45, 2.75) is 26.4 Å². The van der Waals surface area contributed by atoms with Gasteiger partial charge in [0.15, 0.2) is 11.5 Å². The molecule has 5 heteroatoms. The molecule has 0 fully saturated rings. The largest absolute Gasteiger partial charge is 3.00 e. The molecule has 1 aliphatic rings. The van der Waals surface area contributed by atoms with E-state index < -0.39 is 0 Å². The first-order chi connectivity index (χ1) is 7.75. The number of allylic oxidation sites excluding steroid dienone is 3. The van der Waals surface area contributed by atoms with Gasteiger partial charge < -0.3 is 34.3 Å². The first-order valence-electron chi connectivity index (χ1n) is 5.46. The van der Waals surface area contributed by atoms with E-state index in [1.54, 1.807) is 0 Å². The minimum absolute atomic E-state index is 0. The first kappa shape index (κ1) is 20.9. The second kappa shape index (κ2) is 10.4. The average Bonchev–Trinajstić information content (AvgIpc) is 2.73. The van der Waals surface area contributed by atoms with E-state index in [-0.39, 0.29) is 52.6 Å². The van der Waals surface area contributed by atoms with E-state index in [1.807, 2.05) is 50.3 Å².